The molecule has 0 bridgehead atoms. The number of aromatic amines is 1. The van der Waals surface area contributed by atoms with Crippen LogP contribution < -0.4 is 0 Å². The molecule has 0 aliphatic carbocycles. The maximum Gasteiger partial charge on any atom is 0.166 e. The lowest BCUT2D eigenvalue weighted by atomic mass is 9.94. The predicted octanol–water partition coefficient (Wildman–Crippen LogP) is 5.15. The van der Waals surface area contributed by atoms with Crippen molar-refractivity contribution in [1.29, 1.82) is 0 Å². The van der Waals surface area contributed by atoms with Crippen molar-refractivity contribution in [1.82, 2.24) is 4.98 Å². The normalized spacial score (nSPS) is 12.8. The van der Waals surface area contributed by atoms with Gasteiger partial charge in [-0.15, -0.1) is 0 Å². The molecule has 3 nitrogen and oxygen atoms in total. The average Bonchev–Trinajstić information content (AvgIpc) is 2.92. The Balaban J connectivity index is 2.02. The van der Waals surface area contributed by atoms with Crippen molar-refractivity contribution in [2.75, 3.05) is 0 Å². The van der Waals surface area contributed by atoms with Crippen LogP contribution in [0.4, 0.5) is 0 Å². The molecule has 0 atom stereocenters. The Kier molecular flexibility index (Phi) is 3.75. The molecular formula is C19H12Cl2N2O. The van der Waals surface area contributed by atoms with E-state index in [1.54, 1.807) is 0 Å². The summed E-state index contributed by atoms with van der Waals surface area (Å²) in [6.45, 7) is 0.403. The minimum absolute atomic E-state index is 0.403. The van der Waals surface area contributed by atoms with Crippen LogP contribution in [0, 0.1) is 0 Å². The van der Waals surface area contributed by atoms with Gasteiger partial charge in [-0.05, 0) is 23.8 Å². The molecule has 0 radical (unpaired) electrons. The molecule has 4 rings (SSSR count). The Hall–Kier alpha value is -2.36. The van der Waals surface area contributed by atoms with Gasteiger partial charge in [0.15, 0.2) is 6.29 Å². The second-order valence-corrected chi connectivity index (χ2v) is 6.39. The smallest absolute Gasteiger partial charge is 0.166 e. The molecule has 2 heterocycles. The Morgan fingerprint density at radius 2 is 1.83 bits per heavy atom. The number of nitrogens with one attached hydrogen (secondary N) is 1. The van der Waals surface area contributed by atoms with Gasteiger partial charge in [-0.2, -0.15) is 0 Å². The van der Waals surface area contributed by atoms with Crippen molar-refractivity contribution in [2.45, 2.75) is 6.54 Å². The lowest BCUT2D eigenvalue weighted by molar-refractivity contribution is 0.111. The fraction of sp³-hybridized carbons (Fsp3) is 0.0526. The van der Waals surface area contributed by atoms with Gasteiger partial charge in [-0.25, -0.2) is 0 Å². The molecule has 3 aromatic rings. The molecule has 1 aromatic heterocycles. The van der Waals surface area contributed by atoms with E-state index in [1.807, 2.05) is 48.7 Å². The van der Waals surface area contributed by atoms with Crippen LogP contribution in [-0.2, 0) is 6.54 Å². The van der Waals surface area contributed by atoms with Crippen molar-refractivity contribution < 1.29 is 4.79 Å². The van der Waals surface area contributed by atoms with E-state index in [2.05, 4.69) is 4.98 Å². The number of aldehydes is 1. The zero-order valence-electron chi connectivity index (χ0n) is 12.5. The summed E-state index contributed by atoms with van der Waals surface area (Å²) >= 11 is 12.6. The number of H-pyrrole nitrogens is 1. The molecule has 2 aromatic carbocycles. The van der Waals surface area contributed by atoms with Crippen LogP contribution in [0.15, 0.2) is 53.7 Å². The van der Waals surface area contributed by atoms with Gasteiger partial charge in [0.1, 0.15) is 0 Å². The van der Waals surface area contributed by atoms with E-state index in [1.165, 1.54) is 0 Å². The number of aliphatic imine (C=N–C) groups is 1. The van der Waals surface area contributed by atoms with Gasteiger partial charge in [0.2, 0.25) is 0 Å². The fourth-order valence-corrected chi connectivity index (χ4v) is 3.46. The Morgan fingerprint density at radius 1 is 1.00 bits per heavy atom. The van der Waals surface area contributed by atoms with Gasteiger partial charge in [-0.3, -0.25) is 9.79 Å². The number of nitrogens with zero attached hydrogens (tertiary/aromatic N) is 1. The Bertz CT molecular complexity index is 989. The summed E-state index contributed by atoms with van der Waals surface area (Å²) in [4.78, 5) is 19.1. The van der Waals surface area contributed by atoms with E-state index >= 15 is 0 Å². The maximum atomic E-state index is 11.3. The third-order valence-electron chi connectivity index (χ3n) is 4.19. The number of carbonyl (C=O) groups excluding carboxylic acids is 1. The Morgan fingerprint density at radius 3 is 2.62 bits per heavy atom. The van der Waals surface area contributed by atoms with Gasteiger partial charge in [0, 0.05) is 38.5 Å². The molecular weight excluding hydrogens is 343 g/mol. The highest BCUT2D eigenvalue weighted by Crippen LogP contribution is 2.36. The van der Waals surface area contributed by atoms with Crippen molar-refractivity contribution in [3.63, 3.8) is 0 Å². The first kappa shape index (κ1) is 15.2. The first-order chi connectivity index (χ1) is 11.7. The van der Waals surface area contributed by atoms with Crippen molar-refractivity contribution in [3.05, 3.63) is 81.1 Å². The summed E-state index contributed by atoms with van der Waals surface area (Å²) in [7, 11) is 0. The zero-order valence-corrected chi connectivity index (χ0v) is 14.0. The largest absolute Gasteiger partial charge is 0.358 e. The molecule has 0 fully saturated rings. The highest BCUT2D eigenvalue weighted by atomic mass is 35.5. The molecule has 24 heavy (non-hydrogen) atoms. The maximum absolute atomic E-state index is 11.3. The topological polar surface area (TPSA) is 45.2 Å². The van der Waals surface area contributed by atoms with E-state index in [-0.39, 0.29) is 0 Å². The molecule has 0 saturated heterocycles. The molecule has 0 amide bonds. The van der Waals surface area contributed by atoms with Crippen molar-refractivity contribution >= 4 is 35.2 Å². The number of hydrogen-bond acceptors (Lipinski definition) is 2. The number of carbonyl (C=O) groups is 1. The first-order valence-corrected chi connectivity index (χ1v) is 8.19. The van der Waals surface area contributed by atoms with Crippen LogP contribution in [0.3, 0.4) is 0 Å². The molecule has 0 saturated carbocycles. The summed E-state index contributed by atoms with van der Waals surface area (Å²) in [5.74, 6) is 0. The third-order valence-corrected chi connectivity index (χ3v) is 4.76. The molecule has 118 valence electrons. The number of benzene rings is 2. The second kappa shape index (κ2) is 5.93. The number of aromatic nitrogens is 1. The third kappa shape index (κ3) is 2.37. The van der Waals surface area contributed by atoms with Gasteiger partial charge < -0.3 is 4.98 Å². The van der Waals surface area contributed by atoms with Crippen LogP contribution in [0.2, 0.25) is 10.0 Å². The van der Waals surface area contributed by atoms with Crippen LogP contribution in [0.5, 0.6) is 0 Å². The highest BCUT2D eigenvalue weighted by Gasteiger charge is 2.23. The minimum Gasteiger partial charge on any atom is -0.358 e. The SMILES string of the molecule is O=Cc1[nH]cc2c1CN=C(c1ccccc1Cl)c1cc(Cl)ccc1-2. The van der Waals surface area contributed by atoms with Gasteiger partial charge in [-0.1, -0.05) is 47.5 Å². The second-order valence-electron chi connectivity index (χ2n) is 5.55. The van der Waals surface area contributed by atoms with E-state index in [0.29, 0.717) is 22.3 Å². The summed E-state index contributed by atoms with van der Waals surface area (Å²) in [6, 6.07) is 13.3. The van der Waals surface area contributed by atoms with E-state index < -0.39 is 0 Å². The monoisotopic (exact) mass is 354 g/mol. The van der Waals surface area contributed by atoms with Gasteiger partial charge >= 0.3 is 0 Å². The lowest BCUT2D eigenvalue weighted by Crippen LogP contribution is -2.05. The average molecular weight is 355 g/mol. The van der Waals surface area contributed by atoms with Crippen molar-refractivity contribution in [3.8, 4) is 11.1 Å². The summed E-state index contributed by atoms with van der Waals surface area (Å²) in [5, 5.41) is 1.26. The van der Waals surface area contributed by atoms with Crippen LogP contribution >= 0.6 is 23.2 Å². The van der Waals surface area contributed by atoms with Crippen LogP contribution in [-0.4, -0.2) is 17.0 Å². The van der Waals surface area contributed by atoms with Crippen LogP contribution in [0.1, 0.15) is 27.2 Å². The summed E-state index contributed by atoms with van der Waals surface area (Å²) in [6.07, 6.45) is 2.67. The van der Waals surface area contributed by atoms with Gasteiger partial charge in [0.05, 0.1) is 18.0 Å². The summed E-state index contributed by atoms with van der Waals surface area (Å²) in [5.41, 5.74) is 5.93. The van der Waals surface area contributed by atoms with E-state index in [4.69, 9.17) is 28.2 Å². The zero-order chi connectivity index (χ0) is 16.7. The molecule has 0 unspecified atom stereocenters. The number of fused-ring (bicyclic) bond motifs is 3. The quantitative estimate of drug-likeness (QED) is 0.635. The lowest BCUT2D eigenvalue weighted by Gasteiger charge is -2.12. The molecule has 1 aliphatic heterocycles. The van der Waals surface area contributed by atoms with Gasteiger partial charge in [0.25, 0.3) is 0 Å². The number of hydrogen-bond donors (Lipinski definition) is 1. The number of halogens is 2. The molecule has 1 N–H and O–H groups in total. The standard InChI is InChI=1S/C19H12Cl2N2O/c20-11-5-6-12-14(7-11)19(13-3-1-2-4-17(13)21)23-9-16-15(12)8-22-18(16)10-24/h1-8,10,22H,9H2. The van der Waals surface area contributed by atoms with Crippen LogP contribution in [0.25, 0.3) is 11.1 Å². The summed E-state index contributed by atoms with van der Waals surface area (Å²) < 4.78 is 0. The molecule has 1 aliphatic rings. The molecule has 0 spiro atoms. The predicted molar refractivity (Wildman–Crippen MR) is 97.4 cm³/mol. The van der Waals surface area contributed by atoms with E-state index in [9.17, 15) is 4.79 Å². The first-order valence-electron chi connectivity index (χ1n) is 7.44. The van der Waals surface area contributed by atoms with E-state index in [0.717, 1.165) is 39.8 Å². The number of rotatable bonds is 2. The fourth-order valence-electron chi connectivity index (χ4n) is 3.06. The molecule has 5 heteroatoms. The minimum atomic E-state index is 0.403. The highest BCUT2D eigenvalue weighted by molar-refractivity contribution is 6.36. The van der Waals surface area contributed by atoms with Crippen molar-refractivity contribution in [2.24, 2.45) is 4.99 Å². The Labute approximate surface area is 149 Å².